The minimum atomic E-state index is -0.823. The summed E-state index contributed by atoms with van der Waals surface area (Å²) in [4.78, 5) is 40.0. The van der Waals surface area contributed by atoms with Gasteiger partial charge in [-0.15, -0.1) is 0 Å². The average molecular weight is 379 g/mol. The fourth-order valence-electron chi connectivity index (χ4n) is 3.56. The standard InChI is InChI=1S/C21H21N3O4/c1-14(25)24-13-19(28-18-9-3-2-8-17(18)24)21(27)22-15-6-4-7-16(12-15)23-11-5-10-20(23)26/h2-4,6-9,12,19H,5,10-11,13H2,1H3,(H,22,27). The maximum Gasteiger partial charge on any atom is 0.267 e. The lowest BCUT2D eigenvalue weighted by Crippen LogP contribution is -2.48. The van der Waals surface area contributed by atoms with Crippen LogP contribution in [0.4, 0.5) is 17.1 Å². The highest BCUT2D eigenvalue weighted by Crippen LogP contribution is 2.33. The van der Waals surface area contributed by atoms with Crippen molar-refractivity contribution in [2.24, 2.45) is 0 Å². The lowest BCUT2D eigenvalue weighted by molar-refractivity contribution is -0.123. The summed E-state index contributed by atoms with van der Waals surface area (Å²) in [7, 11) is 0. The van der Waals surface area contributed by atoms with Crippen LogP contribution in [0.1, 0.15) is 19.8 Å². The summed E-state index contributed by atoms with van der Waals surface area (Å²) in [6.45, 7) is 2.29. The molecule has 7 heteroatoms. The molecular weight excluding hydrogens is 358 g/mol. The summed E-state index contributed by atoms with van der Waals surface area (Å²) in [5, 5.41) is 2.84. The Morgan fingerprint density at radius 1 is 1.14 bits per heavy atom. The first-order chi connectivity index (χ1) is 13.5. The molecular formula is C21H21N3O4. The molecule has 1 N–H and O–H groups in total. The fraction of sp³-hybridized carbons (Fsp3) is 0.286. The molecule has 2 aromatic carbocycles. The van der Waals surface area contributed by atoms with E-state index in [1.807, 2.05) is 12.1 Å². The molecule has 2 heterocycles. The van der Waals surface area contributed by atoms with Gasteiger partial charge in [-0.05, 0) is 36.8 Å². The number of amides is 3. The van der Waals surface area contributed by atoms with Crippen LogP contribution in [0.15, 0.2) is 48.5 Å². The van der Waals surface area contributed by atoms with E-state index in [1.165, 1.54) is 6.92 Å². The Labute approximate surface area is 162 Å². The van der Waals surface area contributed by atoms with E-state index in [2.05, 4.69) is 5.32 Å². The van der Waals surface area contributed by atoms with Gasteiger partial charge in [-0.2, -0.15) is 0 Å². The normalized spacial score (nSPS) is 18.5. The van der Waals surface area contributed by atoms with Gasteiger partial charge < -0.3 is 19.9 Å². The number of nitrogens with one attached hydrogen (secondary N) is 1. The number of nitrogens with zero attached hydrogens (tertiary/aromatic N) is 2. The van der Waals surface area contributed by atoms with E-state index < -0.39 is 6.10 Å². The summed E-state index contributed by atoms with van der Waals surface area (Å²) in [5.74, 6) is 0.0991. The molecule has 2 aromatic rings. The van der Waals surface area contributed by atoms with Crippen molar-refractivity contribution in [2.75, 3.05) is 28.2 Å². The van der Waals surface area contributed by atoms with Crippen LogP contribution in [0.2, 0.25) is 0 Å². The Morgan fingerprint density at radius 3 is 2.71 bits per heavy atom. The highest BCUT2D eigenvalue weighted by atomic mass is 16.5. The van der Waals surface area contributed by atoms with Crippen molar-refractivity contribution >= 4 is 34.8 Å². The van der Waals surface area contributed by atoms with E-state index in [9.17, 15) is 14.4 Å². The number of rotatable bonds is 3. The third kappa shape index (κ3) is 3.43. The molecule has 3 amide bonds. The number of para-hydroxylation sites is 2. The highest BCUT2D eigenvalue weighted by Gasteiger charge is 2.32. The number of fused-ring (bicyclic) bond motifs is 1. The number of hydrogen-bond donors (Lipinski definition) is 1. The largest absolute Gasteiger partial charge is 0.476 e. The van der Waals surface area contributed by atoms with Crippen LogP contribution >= 0.6 is 0 Å². The van der Waals surface area contributed by atoms with Crippen LogP contribution in [-0.4, -0.2) is 36.9 Å². The number of carbonyl (C=O) groups excluding carboxylic acids is 3. The molecule has 2 aliphatic heterocycles. The van der Waals surface area contributed by atoms with Gasteiger partial charge in [0.1, 0.15) is 5.75 Å². The summed E-state index contributed by atoms with van der Waals surface area (Å²) < 4.78 is 5.82. The van der Waals surface area contributed by atoms with Crippen molar-refractivity contribution in [1.82, 2.24) is 0 Å². The topological polar surface area (TPSA) is 79.0 Å². The number of carbonyl (C=O) groups is 3. The quantitative estimate of drug-likeness (QED) is 0.889. The molecule has 2 aliphatic rings. The van der Waals surface area contributed by atoms with Gasteiger partial charge >= 0.3 is 0 Å². The van der Waals surface area contributed by atoms with Gasteiger partial charge in [0, 0.05) is 31.3 Å². The molecule has 1 unspecified atom stereocenters. The van der Waals surface area contributed by atoms with Crippen molar-refractivity contribution in [3.63, 3.8) is 0 Å². The Hall–Kier alpha value is -3.35. The maximum absolute atomic E-state index is 12.8. The first-order valence-electron chi connectivity index (χ1n) is 9.28. The third-order valence-corrected chi connectivity index (χ3v) is 4.95. The van der Waals surface area contributed by atoms with Crippen LogP contribution < -0.4 is 19.9 Å². The molecule has 28 heavy (non-hydrogen) atoms. The van der Waals surface area contributed by atoms with Gasteiger partial charge in [0.15, 0.2) is 6.10 Å². The van der Waals surface area contributed by atoms with Gasteiger partial charge in [-0.1, -0.05) is 18.2 Å². The van der Waals surface area contributed by atoms with Gasteiger partial charge in [0.05, 0.1) is 12.2 Å². The molecule has 1 saturated heterocycles. The second-order valence-electron chi connectivity index (χ2n) is 6.89. The first kappa shape index (κ1) is 18.0. The zero-order valence-electron chi connectivity index (χ0n) is 15.6. The van der Waals surface area contributed by atoms with E-state index in [1.54, 1.807) is 46.2 Å². The predicted molar refractivity (Wildman–Crippen MR) is 106 cm³/mol. The first-order valence-corrected chi connectivity index (χ1v) is 9.28. The van der Waals surface area contributed by atoms with E-state index >= 15 is 0 Å². The molecule has 0 radical (unpaired) electrons. The molecule has 1 atom stereocenters. The van der Waals surface area contributed by atoms with Crippen molar-refractivity contribution < 1.29 is 19.1 Å². The number of hydrogen-bond acceptors (Lipinski definition) is 4. The fourth-order valence-corrected chi connectivity index (χ4v) is 3.56. The SMILES string of the molecule is CC(=O)N1CC(C(=O)Nc2cccc(N3CCCC3=O)c2)Oc2ccccc21. The van der Waals surface area contributed by atoms with Gasteiger partial charge in [-0.25, -0.2) is 0 Å². The zero-order valence-corrected chi connectivity index (χ0v) is 15.6. The Balaban J connectivity index is 1.51. The summed E-state index contributed by atoms with van der Waals surface area (Å²) in [6, 6.07) is 14.4. The van der Waals surface area contributed by atoms with Crippen LogP contribution in [0.3, 0.4) is 0 Å². The second-order valence-corrected chi connectivity index (χ2v) is 6.89. The van der Waals surface area contributed by atoms with Crippen LogP contribution in [0, 0.1) is 0 Å². The minimum Gasteiger partial charge on any atom is -0.476 e. The summed E-state index contributed by atoms with van der Waals surface area (Å²) in [5.41, 5.74) is 2.01. The van der Waals surface area contributed by atoms with E-state index in [0.29, 0.717) is 30.1 Å². The lowest BCUT2D eigenvalue weighted by Gasteiger charge is -2.33. The molecule has 144 valence electrons. The molecule has 0 bridgehead atoms. The Morgan fingerprint density at radius 2 is 1.96 bits per heavy atom. The molecule has 0 aromatic heterocycles. The molecule has 4 rings (SSSR count). The van der Waals surface area contributed by atoms with E-state index in [-0.39, 0.29) is 24.3 Å². The molecule has 7 nitrogen and oxygen atoms in total. The molecule has 0 saturated carbocycles. The summed E-state index contributed by atoms with van der Waals surface area (Å²) >= 11 is 0. The third-order valence-electron chi connectivity index (χ3n) is 4.95. The molecule has 0 spiro atoms. The number of benzene rings is 2. The van der Waals surface area contributed by atoms with Crippen LogP contribution in [0.5, 0.6) is 5.75 Å². The smallest absolute Gasteiger partial charge is 0.267 e. The monoisotopic (exact) mass is 379 g/mol. The molecule has 0 aliphatic carbocycles. The Bertz CT molecular complexity index is 943. The average Bonchev–Trinajstić information content (AvgIpc) is 3.13. The van der Waals surface area contributed by atoms with Crippen molar-refractivity contribution in [3.8, 4) is 5.75 Å². The number of anilines is 3. The van der Waals surface area contributed by atoms with Crippen LogP contribution in [0.25, 0.3) is 0 Å². The van der Waals surface area contributed by atoms with Crippen molar-refractivity contribution in [3.05, 3.63) is 48.5 Å². The number of ether oxygens (including phenoxy) is 1. The van der Waals surface area contributed by atoms with Gasteiger partial charge in [-0.3, -0.25) is 14.4 Å². The minimum absolute atomic E-state index is 0.0906. The molecule has 1 fully saturated rings. The second kappa shape index (κ2) is 7.34. The van der Waals surface area contributed by atoms with Crippen molar-refractivity contribution in [1.29, 1.82) is 0 Å². The summed E-state index contributed by atoms with van der Waals surface area (Å²) in [6.07, 6.45) is 0.564. The maximum atomic E-state index is 12.8. The van der Waals surface area contributed by atoms with E-state index in [0.717, 1.165) is 12.1 Å². The predicted octanol–water partition coefficient (Wildman–Crippen LogP) is 2.57. The van der Waals surface area contributed by atoms with Gasteiger partial charge in [0.25, 0.3) is 5.91 Å². The highest BCUT2D eigenvalue weighted by molar-refractivity contribution is 6.00. The zero-order chi connectivity index (χ0) is 19.7. The lowest BCUT2D eigenvalue weighted by atomic mass is 10.1. The van der Waals surface area contributed by atoms with Gasteiger partial charge in [0.2, 0.25) is 11.8 Å². The van der Waals surface area contributed by atoms with Crippen molar-refractivity contribution in [2.45, 2.75) is 25.9 Å². The van der Waals surface area contributed by atoms with E-state index in [4.69, 9.17) is 4.74 Å². The Kier molecular flexibility index (Phi) is 4.73. The van der Waals surface area contributed by atoms with Crippen LogP contribution in [-0.2, 0) is 14.4 Å².